The zero-order chi connectivity index (χ0) is 10.1. The molecular weight excluding hydrogens is 190 g/mol. The molecule has 5 heteroatoms. The summed E-state index contributed by atoms with van der Waals surface area (Å²) in [5.74, 6) is 0. The zero-order valence-corrected chi connectivity index (χ0v) is 7.75. The molecule has 5 nitrogen and oxygen atoms in total. The molecule has 0 saturated heterocycles. The third-order valence-electron chi connectivity index (χ3n) is 2.18. The molecule has 3 aromatic heterocycles. The van der Waals surface area contributed by atoms with Crippen LogP contribution in [0.4, 0.5) is 0 Å². The van der Waals surface area contributed by atoms with Crippen molar-refractivity contribution in [2.24, 2.45) is 0 Å². The van der Waals surface area contributed by atoms with Gasteiger partial charge in [-0.25, -0.2) is 15.0 Å². The average molecular weight is 197 g/mol. The van der Waals surface area contributed by atoms with Crippen molar-refractivity contribution in [2.45, 2.75) is 0 Å². The van der Waals surface area contributed by atoms with Gasteiger partial charge in [0.25, 0.3) is 0 Å². The number of rotatable bonds is 1. The third kappa shape index (κ3) is 1.25. The Morgan fingerprint density at radius 2 is 1.80 bits per heavy atom. The third-order valence-corrected chi connectivity index (χ3v) is 2.18. The van der Waals surface area contributed by atoms with E-state index in [4.69, 9.17) is 0 Å². The summed E-state index contributed by atoms with van der Waals surface area (Å²) in [5.41, 5.74) is 3.52. The van der Waals surface area contributed by atoms with Gasteiger partial charge >= 0.3 is 0 Å². The normalized spacial score (nSPS) is 10.7. The first-order valence-electron chi connectivity index (χ1n) is 4.48. The molecule has 15 heavy (non-hydrogen) atoms. The standard InChI is InChI=1S/C10H7N5/c1-2-14-10-9(13-1)8(5-15-10)7-3-11-6-12-4-7/h1-6H,(H,14,15). The van der Waals surface area contributed by atoms with Crippen molar-refractivity contribution < 1.29 is 0 Å². The summed E-state index contributed by atoms with van der Waals surface area (Å²) >= 11 is 0. The van der Waals surface area contributed by atoms with E-state index >= 15 is 0 Å². The fourth-order valence-corrected chi connectivity index (χ4v) is 1.51. The Morgan fingerprint density at radius 3 is 2.67 bits per heavy atom. The van der Waals surface area contributed by atoms with E-state index in [9.17, 15) is 0 Å². The minimum Gasteiger partial charge on any atom is -0.344 e. The number of hydrogen-bond acceptors (Lipinski definition) is 4. The van der Waals surface area contributed by atoms with Gasteiger partial charge in [-0.2, -0.15) is 0 Å². The molecule has 0 spiro atoms. The lowest BCUT2D eigenvalue weighted by molar-refractivity contribution is 1.17. The molecule has 0 radical (unpaired) electrons. The number of H-pyrrole nitrogens is 1. The van der Waals surface area contributed by atoms with E-state index in [1.165, 1.54) is 6.33 Å². The van der Waals surface area contributed by atoms with Crippen LogP contribution in [0.3, 0.4) is 0 Å². The van der Waals surface area contributed by atoms with Crippen molar-refractivity contribution in [3.63, 3.8) is 0 Å². The van der Waals surface area contributed by atoms with Crippen LogP contribution in [0.1, 0.15) is 0 Å². The molecule has 72 valence electrons. The van der Waals surface area contributed by atoms with Gasteiger partial charge in [-0.1, -0.05) is 0 Å². The highest BCUT2D eigenvalue weighted by atomic mass is 14.9. The maximum absolute atomic E-state index is 4.27. The number of aromatic amines is 1. The van der Waals surface area contributed by atoms with Gasteiger partial charge in [0.2, 0.25) is 0 Å². The second kappa shape index (κ2) is 3.13. The van der Waals surface area contributed by atoms with Crippen LogP contribution in [0, 0.1) is 0 Å². The summed E-state index contributed by atoms with van der Waals surface area (Å²) in [5, 5.41) is 0. The largest absolute Gasteiger partial charge is 0.344 e. The highest BCUT2D eigenvalue weighted by molar-refractivity contribution is 5.89. The van der Waals surface area contributed by atoms with Gasteiger partial charge < -0.3 is 4.98 Å². The molecule has 1 N–H and O–H groups in total. The Hall–Kier alpha value is -2.30. The van der Waals surface area contributed by atoms with Crippen LogP contribution in [0.25, 0.3) is 22.3 Å². The van der Waals surface area contributed by atoms with Crippen LogP contribution < -0.4 is 0 Å². The monoisotopic (exact) mass is 197 g/mol. The molecule has 0 saturated carbocycles. The van der Waals surface area contributed by atoms with Crippen molar-refractivity contribution in [3.8, 4) is 11.1 Å². The van der Waals surface area contributed by atoms with Crippen LogP contribution in [0.15, 0.2) is 37.3 Å². The molecule has 3 aromatic rings. The van der Waals surface area contributed by atoms with Gasteiger partial charge in [0, 0.05) is 42.1 Å². The van der Waals surface area contributed by atoms with Gasteiger partial charge in [0.15, 0.2) is 5.65 Å². The zero-order valence-electron chi connectivity index (χ0n) is 7.75. The second-order valence-electron chi connectivity index (χ2n) is 3.08. The Labute approximate surface area is 85.3 Å². The number of fused-ring (bicyclic) bond motifs is 1. The van der Waals surface area contributed by atoms with Crippen molar-refractivity contribution in [1.82, 2.24) is 24.9 Å². The second-order valence-corrected chi connectivity index (χ2v) is 3.08. The lowest BCUT2D eigenvalue weighted by Gasteiger charge is -1.95. The van der Waals surface area contributed by atoms with E-state index in [0.29, 0.717) is 0 Å². The van der Waals surface area contributed by atoms with E-state index in [1.54, 1.807) is 24.8 Å². The molecule has 3 heterocycles. The van der Waals surface area contributed by atoms with Crippen molar-refractivity contribution in [2.75, 3.05) is 0 Å². The van der Waals surface area contributed by atoms with E-state index in [-0.39, 0.29) is 0 Å². The summed E-state index contributed by atoms with van der Waals surface area (Å²) in [7, 11) is 0. The van der Waals surface area contributed by atoms with Gasteiger partial charge in [0.1, 0.15) is 11.8 Å². The first kappa shape index (κ1) is 8.05. The Kier molecular flexibility index (Phi) is 1.68. The molecule has 0 fully saturated rings. The SMILES string of the molecule is c1ncc(-c2c[nH]c3nccnc23)cn1. The predicted molar refractivity (Wildman–Crippen MR) is 54.9 cm³/mol. The van der Waals surface area contributed by atoms with Gasteiger partial charge in [0.05, 0.1) is 0 Å². The van der Waals surface area contributed by atoms with Crippen LogP contribution in [0.5, 0.6) is 0 Å². The molecule has 0 atom stereocenters. The Morgan fingerprint density at radius 1 is 1.00 bits per heavy atom. The quantitative estimate of drug-likeness (QED) is 0.640. The first-order chi connectivity index (χ1) is 7.45. The molecule has 0 aliphatic carbocycles. The highest BCUT2D eigenvalue weighted by Crippen LogP contribution is 2.23. The van der Waals surface area contributed by atoms with Crippen LogP contribution in [-0.4, -0.2) is 24.9 Å². The number of nitrogens with zero attached hydrogens (tertiary/aromatic N) is 4. The van der Waals surface area contributed by atoms with E-state index in [1.807, 2.05) is 6.20 Å². The molecule has 3 rings (SSSR count). The minimum atomic E-state index is 0.774. The smallest absolute Gasteiger partial charge is 0.156 e. The summed E-state index contributed by atoms with van der Waals surface area (Å²) in [6, 6.07) is 0. The topological polar surface area (TPSA) is 67.3 Å². The average Bonchev–Trinajstić information content (AvgIpc) is 2.74. The summed E-state index contributed by atoms with van der Waals surface area (Å²) in [6.07, 6.45) is 10.2. The molecular formula is C10H7N5. The number of nitrogens with one attached hydrogen (secondary N) is 1. The maximum atomic E-state index is 4.27. The number of hydrogen-bond donors (Lipinski definition) is 1. The Balaban J connectivity index is 2.28. The molecule has 0 bridgehead atoms. The fraction of sp³-hybridized carbons (Fsp3) is 0. The van der Waals surface area contributed by atoms with Gasteiger partial charge in [-0.15, -0.1) is 0 Å². The van der Waals surface area contributed by atoms with Crippen molar-refractivity contribution in [1.29, 1.82) is 0 Å². The predicted octanol–water partition coefficient (Wildman–Crippen LogP) is 1.41. The molecule has 0 amide bonds. The summed E-state index contributed by atoms with van der Waals surface area (Å²) < 4.78 is 0. The Bertz CT molecular complexity index is 587. The molecule has 0 unspecified atom stereocenters. The van der Waals surface area contributed by atoms with Crippen molar-refractivity contribution in [3.05, 3.63) is 37.3 Å². The molecule has 0 aromatic carbocycles. The highest BCUT2D eigenvalue weighted by Gasteiger charge is 2.07. The molecule has 0 aliphatic heterocycles. The van der Waals surface area contributed by atoms with E-state index in [0.717, 1.165) is 22.3 Å². The first-order valence-corrected chi connectivity index (χ1v) is 4.48. The van der Waals surface area contributed by atoms with Gasteiger partial charge in [-0.05, 0) is 0 Å². The van der Waals surface area contributed by atoms with Crippen molar-refractivity contribution >= 4 is 11.2 Å². The maximum Gasteiger partial charge on any atom is 0.156 e. The summed E-state index contributed by atoms with van der Waals surface area (Å²) in [4.78, 5) is 19.4. The fourth-order valence-electron chi connectivity index (χ4n) is 1.51. The lowest BCUT2D eigenvalue weighted by Crippen LogP contribution is -1.82. The lowest BCUT2D eigenvalue weighted by atomic mass is 10.2. The minimum absolute atomic E-state index is 0.774. The van der Waals surface area contributed by atoms with E-state index in [2.05, 4.69) is 24.9 Å². The van der Waals surface area contributed by atoms with Crippen LogP contribution >= 0.6 is 0 Å². The van der Waals surface area contributed by atoms with E-state index < -0.39 is 0 Å². The number of aromatic nitrogens is 5. The summed E-state index contributed by atoms with van der Waals surface area (Å²) in [6.45, 7) is 0. The van der Waals surface area contributed by atoms with Crippen LogP contribution in [0.2, 0.25) is 0 Å². The van der Waals surface area contributed by atoms with Crippen LogP contribution in [-0.2, 0) is 0 Å². The molecule has 0 aliphatic rings. The van der Waals surface area contributed by atoms with Gasteiger partial charge in [-0.3, -0.25) is 4.98 Å².